The van der Waals surface area contributed by atoms with Gasteiger partial charge in [0, 0.05) is 19.3 Å². The average molecular weight is 948 g/mol. The number of carbonyl (C=O) groups is 3. The Morgan fingerprint density at radius 2 is 0.354 bits per heavy atom. The molecule has 10 nitrogen and oxygen atoms in total. The standard InChI is InChI=1S/3C18H37NO.H3O4P/c3*1-2-3-4-5-6-7-8-9-10-11-12-13-14-15-16-17-18(19)20;1-5(2,3)4/h3*2-17H2,1H3,(H2,19,20);(H3,1,2,3,4). The van der Waals surface area contributed by atoms with E-state index in [0.717, 1.165) is 19.3 Å². The lowest BCUT2D eigenvalue weighted by Crippen LogP contribution is -2.09. The first-order valence-electron chi connectivity index (χ1n) is 27.9. The number of rotatable bonds is 48. The van der Waals surface area contributed by atoms with E-state index >= 15 is 0 Å². The van der Waals surface area contributed by atoms with Crippen LogP contribution < -0.4 is 17.2 Å². The number of primary amides is 3. The van der Waals surface area contributed by atoms with Crippen molar-refractivity contribution in [1.82, 2.24) is 0 Å². The quantitative estimate of drug-likeness (QED) is 0.0257. The molecule has 0 aliphatic carbocycles. The van der Waals surface area contributed by atoms with Crippen molar-refractivity contribution in [3.63, 3.8) is 0 Å². The Balaban J connectivity index is -0.000000407. The van der Waals surface area contributed by atoms with E-state index in [4.69, 9.17) is 36.4 Å². The summed E-state index contributed by atoms with van der Waals surface area (Å²) in [6.07, 6.45) is 62.6. The van der Waals surface area contributed by atoms with E-state index < -0.39 is 7.82 Å². The fourth-order valence-electron chi connectivity index (χ4n) is 8.01. The lowest BCUT2D eigenvalue weighted by Gasteiger charge is -2.03. The third-order valence-electron chi connectivity index (χ3n) is 12.1. The molecule has 0 aromatic rings. The van der Waals surface area contributed by atoms with Crippen LogP contribution in [0.5, 0.6) is 0 Å². The highest BCUT2D eigenvalue weighted by Gasteiger charge is 2.01. The predicted octanol–water partition coefficient (Wildman–Crippen LogP) is 16.3. The lowest BCUT2D eigenvalue weighted by atomic mass is 10.0. The van der Waals surface area contributed by atoms with Crippen molar-refractivity contribution in [1.29, 1.82) is 0 Å². The summed E-state index contributed by atoms with van der Waals surface area (Å²) in [5, 5.41) is 0. The zero-order valence-corrected chi connectivity index (χ0v) is 44.5. The molecule has 0 fully saturated rings. The average Bonchev–Trinajstić information content (AvgIpc) is 3.24. The third kappa shape index (κ3) is 93.4. The number of hydrogen-bond donors (Lipinski definition) is 6. The molecule has 0 unspecified atom stereocenters. The molecule has 3 amide bonds. The van der Waals surface area contributed by atoms with Crippen LogP contribution in [-0.4, -0.2) is 32.4 Å². The Morgan fingerprint density at radius 3 is 0.446 bits per heavy atom. The zero-order valence-electron chi connectivity index (χ0n) is 43.6. The first-order chi connectivity index (χ1) is 31.3. The van der Waals surface area contributed by atoms with Crippen molar-refractivity contribution in [2.75, 3.05) is 0 Å². The first kappa shape index (κ1) is 70.1. The van der Waals surface area contributed by atoms with E-state index in [2.05, 4.69) is 20.8 Å². The zero-order chi connectivity index (χ0) is 49.2. The number of nitrogens with two attached hydrogens (primary N) is 3. The fraction of sp³-hybridized carbons (Fsp3) is 0.944. The lowest BCUT2D eigenvalue weighted by molar-refractivity contribution is -0.119. The van der Waals surface area contributed by atoms with Gasteiger partial charge < -0.3 is 31.9 Å². The van der Waals surface area contributed by atoms with Crippen LogP contribution in [0.25, 0.3) is 0 Å². The highest BCUT2D eigenvalue weighted by Crippen LogP contribution is 2.26. The molecule has 0 aromatic carbocycles. The molecule has 0 aliphatic rings. The molecule has 0 saturated carbocycles. The summed E-state index contributed by atoms with van der Waals surface area (Å²) in [7, 11) is -4.64. The molecule has 0 saturated heterocycles. The molecule has 392 valence electrons. The van der Waals surface area contributed by atoms with Crippen LogP contribution in [0.15, 0.2) is 0 Å². The van der Waals surface area contributed by atoms with E-state index in [1.54, 1.807) is 0 Å². The Hall–Kier alpha value is -1.48. The van der Waals surface area contributed by atoms with Crippen molar-refractivity contribution in [3.05, 3.63) is 0 Å². The molecule has 0 aliphatic heterocycles. The van der Waals surface area contributed by atoms with E-state index in [1.165, 1.54) is 270 Å². The fourth-order valence-corrected chi connectivity index (χ4v) is 8.01. The minimum absolute atomic E-state index is 0.153. The van der Waals surface area contributed by atoms with Crippen molar-refractivity contribution >= 4 is 25.5 Å². The summed E-state index contributed by atoms with van der Waals surface area (Å²) < 4.78 is 8.88. The van der Waals surface area contributed by atoms with Crippen molar-refractivity contribution in [3.8, 4) is 0 Å². The second-order valence-corrected chi connectivity index (χ2v) is 20.0. The second kappa shape index (κ2) is 62.5. The van der Waals surface area contributed by atoms with Crippen LogP contribution >= 0.6 is 7.82 Å². The van der Waals surface area contributed by atoms with Crippen LogP contribution in [0, 0.1) is 0 Å². The van der Waals surface area contributed by atoms with Gasteiger partial charge in [0.2, 0.25) is 17.7 Å². The molecule has 0 radical (unpaired) electrons. The van der Waals surface area contributed by atoms with Crippen molar-refractivity contribution < 1.29 is 33.6 Å². The minimum Gasteiger partial charge on any atom is -0.370 e. The van der Waals surface area contributed by atoms with Crippen LogP contribution in [0.1, 0.15) is 329 Å². The number of hydrogen-bond acceptors (Lipinski definition) is 4. The summed E-state index contributed by atoms with van der Waals surface area (Å²) in [5.74, 6) is -0.459. The Morgan fingerprint density at radius 1 is 0.262 bits per heavy atom. The Bertz CT molecular complexity index is 869. The van der Waals surface area contributed by atoms with Crippen LogP contribution in [0.3, 0.4) is 0 Å². The van der Waals surface area contributed by atoms with Crippen LogP contribution in [0.4, 0.5) is 0 Å². The van der Waals surface area contributed by atoms with Gasteiger partial charge in [0.1, 0.15) is 0 Å². The molecule has 0 spiro atoms. The van der Waals surface area contributed by atoms with Gasteiger partial charge in [0.15, 0.2) is 0 Å². The maximum Gasteiger partial charge on any atom is 0.466 e. The van der Waals surface area contributed by atoms with Gasteiger partial charge in [-0.05, 0) is 19.3 Å². The van der Waals surface area contributed by atoms with Gasteiger partial charge in [-0.2, -0.15) is 0 Å². The SMILES string of the molecule is CCCCCCCCCCCCCCCCCC(N)=O.CCCCCCCCCCCCCCCCCC(N)=O.CCCCCCCCCCCCCCCCCC(N)=O.O=P(O)(O)O. The molecular formula is C54H114N3O7P. The van der Waals surface area contributed by atoms with Gasteiger partial charge in [-0.15, -0.1) is 0 Å². The molecule has 0 rings (SSSR count). The van der Waals surface area contributed by atoms with Gasteiger partial charge in [-0.25, -0.2) is 4.57 Å². The monoisotopic (exact) mass is 948 g/mol. The first-order valence-corrected chi connectivity index (χ1v) is 29.5. The second-order valence-electron chi connectivity index (χ2n) is 19.0. The normalized spacial score (nSPS) is 10.9. The third-order valence-corrected chi connectivity index (χ3v) is 12.1. The molecule has 0 aromatic heterocycles. The Labute approximate surface area is 404 Å². The molecule has 0 bridgehead atoms. The van der Waals surface area contributed by atoms with Crippen molar-refractivity contribution in [2.45, 2.75) is 329 Å². The number of unbranched alkanes of at least 4 members (excludes halogenated alkanes) is 42. The number of phosphoric acid groups is 1. The van der Waals surface area contributed by atoms with E-state index in [0.29, 0.717) is 19.3 Å². The van der Waals surface area contributed by atoms with Gasteiger partial charge in [0.25, 0.3) is 0 Å². The summed E-state index contributed by atoms with van der Waals surface area (Å²) >= 11 is 0. The van der Waals surface area contributed by atoms with Gasteiger partial charge in [-0.3, -0.25) is 14.4 Å². The van der Waals surface area contributed by atoms with Gasteiger partial charge >= 0.3 is 7.82 Å². The van der Waals surface area contributed by atoms with E-state index in [-0.39, 0.29) is 17.7 Å². The number of amides is 3. The summed E-state index contributed by atoms with van der Waals surface area (Å²) in [5.41, 5.74) is 15.3. The summed E-state index contributed by atoms with van der Waals surface area (Å²) in [6, 6.07) is 0. The number of carbonyl (C=O) groups excluding carboxylic acids is 3. The van der Waals surface area contributed by atoms with Gasteiger partial charge in [-0.1, -0.05) is 290 Å². The largest absolute Gasteiger partial charge is 0.466 e. The van der Waals surface area contributed by atoms with Gasteiger partial charge in [0.05, 0.1) is 0 Å². The molecule has 0 heterocycles. The summed E-state index contributed by atoms with van der Waals surface area (Å²) in [4.78, 5) is 53.2. The van der Waals surface area contributed by atoms with Crippen molar-refractivity contribution in [2.24, 2.45) is 17.2 Å². The minimum atomic E-state index is -4.64. The van der Waals surface area contributed by atoms with Crippen LogP contribution in [-0.2, 0) is 18.9 Å². The topological polar surface area (TPSA) is 207 Å². The maximum atomic E-state index is 10.6. The smallest absolute Gasteiger partial charge is 0.370 e. The Kier molecular flexibility index (Phi) is 67.4. The van der Waals surface area contributed by atoms with E-state index in [1.807, 2.05) is 0 Å². The highest BCUT2D eigenvalue weighted by atomic mass is 31.2. The molecule has 0 atom stereocenters. The molecule has 9 N–H and O–H groups in total. The molecular weight excluding hydrogens is 834 g/mol. The molecule has 65 heavy (non-hydrogen) atoms. The van der Waals surface area contributed by atoms with E-state index in [9.17, 15) is 14.4 Å². The highest BCUT2D eigenvalue weighted by molar-refractivity contribution is 7.45. The molecule has 11 heteroatoms. The predicted molar refractivity (Wildman–Crippen MR) is 280 cm³/mol. The summed E-state index contributed by atoms with van der Waals surface area (Å²) in [6.45, 7) is 6.83. The maximum absolute atomic E-state index is 10.6. The van der Waals surface area contributed by atoms with Crippen LogP contribution in [0.2, 0.25) is 0 Å².